The number of aromatic hydroxyl groups is 1. The third kappa shape index (κ3) is 5.85. The predicted molar refractivity (Wildman–Crippen MR) is 98.8 cm³/mol. The van der Waals surface area contributed by atoms with E-state index >= 15 is 0 Å². The summed E-state index contributed by atoms with van der Waals surface area (Å²) in [6, 6.07) is 11.4. The Morgan fingerprint density at radius 1 is 1.10 bits per heavy atom. The molecule has 0 amide bonds. The van der Waals surface area contributed by atoms with E-state index in [2.05, 4.69) is 9.72 Å². The van der Waals surface area contributed by atoms with Crippen LogP contribution in [0.4, 0.5) is 13.2 Å². The molecular formula is C19H14F3NO5S. The summed E-state index contributed by atoms with van der Waals surface area (Å²) in [5.41, 5.74) is 0.840. The van der Waals surface area contributed by atoms with E-state index in [4.69, 9.17) is 4.74 Å². The molecule has 0 fully saturated rings. The van der Waals surface area contributed by atoms with Gasteiger partial charge in [-0.1, -0.05) is 35.6 Å². The van der Waals surface area contributed by atoms with Gasteiger partial charge in [0.05, 0.1) is 4.88 Å². The summed E-state index contributed by atoms with van der Waals surface area (Å²) in [6.07, 6.45) is -4.49. The first kappa shape index (κ1) is 20.5. The average molecular weight is 425 g/mol. The molecule has 0 spiro atoms. The molecule has 0 aliphatic heterocycles. The second-order valence-electron chi connectivity index (χ2n) is 5.89. The molecule has 6 nitrogen and oxygen atoms in total. The largest absolute Gasteiger partial charge is 0.573 e. The van der Waals surface area contributed by atoms with Crippen molar-refractivity contribution in [1.29, 1.82) is 0 Å². The first-order valence-electron chi connectivity index (χ1n) is 8.21. The maximum Gasteiger partial charge on any atom is 0.573 e. The van der Waals surface area contributed by atoms with Gasteiger partial charge in [-0.25, -0.2) is 0 Å². The summed E-state index contributed by atoms with van der Waals surface area (Å²) >= 11 is 0.912. The molecule has 0 aliphatic carbocycles. The highest BCUT2D eigenvalue weighted by atomic mass is 32.1. The third-order valence-electron chi connectivity index (χ3n) is 3.75. The molecule has 1 aromatic heterocycles. The number of aromatic nitrogens is 1. The number of halogens is 3. The molecule has 0 atom stereocenters. The number of aromatic amines is 1. The molecule has 1 heterocycles. The van der Waals surface area contributed by atoms with Gasteiger partial charge in [0.2, 0.25) is 5.88 Å². The highest BCUT2D eigenvalue weighted by Gasteiger charge is 2.31. The number of hydrogen-bond donors (Lipinski definition) is 2. The summed E-state index contributed by atoms with van der Waals surface area (Å²) in [6.45, 7) is -0.366. The number of ketones is 1. The van der Waals surface area contributed by atoms with Gasteiger partial charge in [-0.05, 0) is 29.8 Å². The van der Waals surface area contributed by atoms with Gasteiger partial charge >= 0.3 is 11.2 Å². The van der Waals surface area contributed by atoms with Gasteiger partial charge in [-0.15, -0.1) is 13.2 Å². The number of thiazole rings is 1. The Balaban J connectivity index is 1.58. The van der Waals surface area contributed by atoms with Crippen LogP contribution in [0.15, 0.2) is 53.3 Å². The molecule has 29 heavy (non-hydrogen) atoms. The fourth-order valence-electron chi connectivity index (χ4n) is 2.46. The summed E-state index contributed by atoms with van der Waals surface area (Å²) in [5, 5.41) is 9.60. The van der Waals surface area contributed by atoms with E-state index in [0.717, 1.165) is 29.0 Å². The van der Waals surface area contributed by atoms with E-state index in [1.165, 1.54) is 12.1 Å². The second-order valence-corrected chi connectivity index (χ2v) is 6.96. The van der Waals surface area contributed by atoms with Crippen molar-refractivity contribution in [2.75, 3.05) is 6.61 Å². The number of alkyl halides is 3. The number of Topliss-reactive ketones (excluding diaryl/α,β-unsaturated/α-hetero) is 1. The van der Waals surface area contributed by atoms with Gasteiger partial charge in [-0.3, -0.25) is 14.6 Å². The average Bonchev–Trinajstić information content (AvgIpc) is 2.96. The van der Waals surface area contributed by atoms with Crippen molar-refractivity contribution < 1.29 is 32.5 Å². The van der Waals surface area contributed by atoms with E-state index in [1.54, 1.807) is 24.3 Å². The van der Waals surface area contributed by atoms with Gasteiger partial charge < -0.3 is 14.6 Å². The standard InChI is InChI=1S/C19H14F3NO5S/c20-19(21,22)28-14-3-1-2-12(9-14)15(24)10-27-13-6-4-11(5-7-13)8-16-17(25)23-18(26)29-16/h1-7,9,25H,8,10H2,(H,23,26). The summed E-state index contributed by atoms with van der Waals surface area (Å²) in [4.78, 5) is 25.8. The Labute approximate surface area is 166 Å². The Hall–Kier alpha value is -3.27. The van der Waals surface area contributed by atoms with Gasteiger partial charge in [0, 0.05) is 12.0 Å². The number of hydrogen-bond acceptors (Lipinski definition) is 6. The lowest BCUT2D eigenvalue weighted by Gasteiger charge is -2.10. The van der Waals surface area contributed by atoms with Crippen molar-refractivity contribution in [2.24, 2.45) is 0 Å². The fraction of sp³-hybridized carbons (Fsp3) is 0.158. The van der Waals surface area contributed by atoms with Crippen molar-refractivity contribution in [2.45, 2.75) is 12.8 Å². The predicted octanol–water partition coefficient (Wildman–Crippen LogP) is 3.89. The van der Waals surface area contributed by atoms with Crippen LogP contribution in [0.1, 0.15) is 20.8 Å². The van der Waals surface area contributed by atoms with E-state index in [1.807, 2.05) is 0 Å². The van der Waals surface area contributed by atoms with E-state index in [-0.39, 0.29) is 22.9 Å². The topological polar surface area (TPSA) is 88.6 Å². The van der Waals surface area contributed by atoms with Crippen LogP contribution in [-0.4, -0.2) is 28.8 Å². The summed E-state index contributed by atoms with van der Waals surface area (Å²) in [5.74, 6) is -0.773. The van der Waals surface area contributed by atoms with Crippen LogP contribution in [-0.2, 0) is 6.42 Å². The summed E-state index contributed by atoms with van der Waals surface area (Å²) in [7, 11) is 0. The lowest BCUT2D eigenvalue weighted by atomic mass is 10.1. The quantitative estimate of drug-likeness (QED) is 0.561. The molecule has 0 saturated heterocycles. The minimum Gasteiger partial charge on any atom is -0.494 e. The SMILES string of the molecule is O=C(COc1ccc(Cc2sc(=O)[nH]c2O)cc1)c1cccc(OC(F)(F)F)c1. The van der Waals surface area contributed by atoms with Crippen LogP contribution in [0.25, 0.3) is 0 Å². The molecule has 0 bridgehead atoms. The van der Waals surface area contributed by atoms with E-state index < -0.39 is 17.9 Å². The number of benzene rings is 2. The first-order valence-corrected chi connectivity index (χ1v) is 9.03. The van der Waals surface area contributed by atoms with Crippen molar-refractivity contribution in [3.8, 4) is 17.4 Å². The smallest absolute Gasteiger partial charge is 0.494 e. The Kier molecular flexibility index (Phi) is 5.92. The van der Waals surface area contributed by atoms with E-state index in [9.17, 15) is 27.9 Å². The number of carbonyl (C=O) groups is 1. The molecule has 10 heteroatoms. The number of ether oxygens (including phenoxy) is 2. The lowest BCUT2D eigenvalue weighted by molar-refractivity contribution is -0.274. The molecule has 0 unspecified atom stereocenters. The number of H-pyrrole nitrogens is 1. The molecule has 2 aromatic carbocycles. The van der Waals surface area contributed by atoms with Crippen LogP contribution in [0, 0.1) is 0 Å². The third-order valence-corrected chi connectivity index (χ3v) is 4.62. The second kappa shape index (κ2) is 8.39. The first-order chi connectivity index (χ1) is 13.7. The highest BCUT2D eigenvalue weighted by molar-refractivity contribution is 7.09. The van der Waals surface area contributed by atoms with Crippen molar-refractivity contribution in [1.82, 2.24) is 4.98 Å². The minimum absolute atomic E-state index is 0.0289. The van der Waals surface area contributed by atoms with Crippen LogP contribution in [0.5, 0.6) is 17.4 Å². The van der Waals surface area contributed by atoms with Gasteiger partial charge in [0.25, 0.3) is 0 Å². The molecule has 2 N–H and O–H groups in total. The van der Waals surface area contributed by atoms with Crippen molar-refractivity contribution >= 4 is 17.1 Å². The number of nitrogens with one attached hydrogen (secondary N) is 1. The molecule has 152 valence electrons. The Morgan fingerprint density at radius 3 is 2.45 bits per heavy atom. The Bertz CT molecular complexity index is 1060. The van der Waals surface area contributed by atoms with Gasteiger partial charge in [-0.2, -0.15) is 0 Å². The molecule has 0 aliphatic rings. The summed E-state index contributed by atoms with van der Waals surface area (Å²) < 4.78 is 46.0. The minimum atomic E-state index is -4.84. The highest BCUT2D eigenvalue weighted by Crippen LogP contribution is 2.24. The zero-order chi connectivity index (χ0) is 21.0. The zero-order valence-electron chi connectivity index (χ0n) is 14.7. The molecule has 3 rings (SSSR count). The van der Waals surface area contributed by atoms with Crippen LogP contribution < -0.4 is 14.3 Å². The van der Waals surface area contributed by atoms with Crippen LogP contribution >= 0.6 is 11.3 Å². The van der Waals surface area contributed by atoms with Gasteiger partial charge in [0.1, 0.15) is 11.5 Å². The maximum absolute atomic E-state index is 12.3. The van der Waals surface area contributed by atoms with E-state index in [0.29, 0.717) is 17.0 Å². The fourth-order valence-corrected chi connectivity index (χ4v) is 3.22. The lowest BCUT2D eigenvalue weighted by Crippen LogP contribution is -2.18. The van der Waals surface area contributed by atoms with Crippen LogP contribution in [0.2, 0.25) is 0 Å². The number of rotatable bonds is 7. The van der Waals surface area contributed by atoms with Crippen molar-refractivity contribution in [3.05, 3.63) is 74.2 Å². The van der Waals surface area contributed by atoms with Crippen LogP contribution in [0.3, 0.4) is 0 Å². The molecular weight excluding hydrogens is 411 g/mol. The molecule has 0 radical (unpaired) electrons. The Morgan fingerprint density at radius 2 is 1.83 bits per heavy atom. The van der Waals surface area contributed by atoms with Crippen molar-refractivity contribution in [3.63, 3.8) is 0 Å². The monoisotopic (exact) mass is 425 g/mol. The zero-order valence-corrected chi connectivity index (χ0v) is 15.5. The normalized spacial score (nSPS) is 11.3. The van der Waals surface area contributed by atoms with Gasteiger partial charge in [0.15, 0.2) is 12.4 Å². The maximum atomic E-state index is 12.3. The molecule has 3 aromatic rings. The number of carbonyl (C=O) groups excluding carboxylic acids is 1. The molecule has 0 saturated carbocycles.